The summed E-state index contributed by atoms with van der Waals surface area (Å²) in [5.74, 6) is -0.154. The smallest absolute Gasteiger partial charge is 0.248 e. The number of hydrogen-bond acceptors (Lipinski definition) is 3. The van der Waals surface area contributed by atoms with Gasteiger partial charge in [0, 0.05) is 30.4 Å². The third-order valence-corrected chi connectivity index (χ3v) is 4.38. The number of rotatable bonds is 4. The average Bonchev–Trinajstić information content (AvgIpc) is 3.06. The van der Waals surface area contributed by atoms with E-state index in [9.17, 15) is 9.59 Å². The molecule has 1 saturated heterocycles. The van der Waals surface area contributed by atoms with Crippen LogP contribution in [-0.4, -0.2) is 18.4 Å². The Labute approximate surface area is 156 Å². The molecule has 26 heavy (non-hydrogen) atoms. The summed E-state index contributed by atoms with van der Waals surface area (Å²) >= 11 is 5.95. The highest BCUT2D eigenvalue weighted by Gasteiger charge is 2.21. The Kier molecular flexibility index (Phi) is 5.35. The summed E-state index contributed by atoms with van der Waals surface area (Å²) in [6, 6.07) is 14.2. The third-order valence-electron chi connectivity index (χ3n) is 4.06. The molecule has 0 aliphatic carbocycles. The van der Waals surface area contributed by atoms with Crippen LogP contribution in [0, 0.1) is 11.3 Å². The Bertz CT molecular complexity index is 914. The van der Waals surface area contributed by atoms with Gasteiger partial charge in [-0.15, -0.1) is 0 Å². The molecule has 3 rings (SSSR count). The number of anilines is 2. The predicted molar refractivity (Wildman–Crippen MR) is 102 cm³/mol. The van der Waals surface area contributed by atoms with Gasteiger partial charge in [0.25, 0.3) is 0 Å². The van der Waals surface area contributed by atoms with Crippen LogP contribution in [0.5, 0.6) is 0 Å². The topological polar surface area (TPSA) is 73.2 Å². The second-order valence-corrected chi connectivity index (χ2v) is 6.28. The van der Waals surface area contributed by atoms with Gasteiger partial charge in [-0.25, -0.2) is 0 Å². The SMILES string of the molecule is N#Cc1ccc(NC(=O)/C=C/c2ccc(N3CCCC3=O)cc2)cc1Cl. The lowest BCUT2D eigenvalue weighted by atomic mass is 10.2. The minimum atomic E-state index is -0.301. The quantitative estimate of drug-likeness (QED) is 0.832. The van der Waals surface area contributed by atoms with Gasteiger partial charge in [-0.05, 0) is 48.4 Å². The minimum Gasteiger partial charge on any atom is -0.322 e. The lowest BCUT2D eigenvalue weighted by molar-refractivity contribution is -0.117. The maximum absolute atomic E-state index is 12.0. The molecule has 2 amide bonds. The number of halogens is 1. The normalized spacial score (nSPS) is 13.8. The molecule has 2 aromatic carbocycles. The number of benzene rings is 2. The van der Waals surface area contributed by atoms with E-state index < -0.39 is 0 Å². The van der Waals surface area contributed by atoms with E-state index in [4.69, 9.17) is 16.9 Å². The van der Waals surface area contributed by atoms with Gasteiger partial charge in [0.15, 0.2) is 0 Å². The van der Waals surface area contributed by atoms with Crippen molar-refractivity contribution in [3.63, 3.8) is 0 Å². The van der Waals surface area contributed by atoms with Crippen molar-refractivity contribution < 1.29 is 9.59 Å². The summed E-state index contributed by atoms with van der Waals surface area (Å²) in [4.78, 5) is 25.5. The standard InChI is InChI=1S/C20H16ClN3O2/c21-18-12-16(7-6-15(18)13-22)23-19(25)10-5-14-3-8-17(9-4-14)24-11-1-2-20(24)26/h3-10,12H,1-2,11H2,(H,23,25)/b10-5+. The first-order valence-corrected chi connectivity index (χ1v) is 8.54. The van der Waals surface area contributed by atoms with Crippen molar-refractivity contribution in [1.82, 2.24) is 0 Å². The van der Waals surface area contributed by atoms with E-state index in [1.165, 1.54) is 12.1 Å². The molecule has 1 aliphatic rings. The maximum Gasteiger partial charge on any atom is 0.248 e. The van der Waals surface area contributed by atoms with Crippen molar-refractivity contribution in [2.75, 3.05) is 16.8 Å². The van der Waals surface area contributed by atoms with Crippen LogP contribution in [0.2, 0.25) is 5.02 Å². The largest absolute Gasteiger partial charge is 0.322 e. The van der Waals surface area contributed by atoms with Crippen LogP contribution >= 0.6 is 11.6 Å². The number of amides is 2. The average molecular weight is 366 g/mol. The van der Waals surface area contributed by atoms with Crippen molar-refractivity contribution in [2.45, 2.75) is 12.8 Å². The molecule has 130 valence electrons. The Morgan fingerprint density at radius 2 is 2.00 bits per heavy atom. The molecule has 1 aliphatic heterocycles. The van der Waals surface area contributed by atoms with Crippen molar-refractivity contribution in [3.05, 3.63) is 64.7 Å². The van der Waals surface area contributed by atoms with Gasteiger partial charge in [-0.1, -0.05) is 23.7 Å². The van der Waals surface area contributed by atoms with Crippen LogP contribution in [0.15, 0.2) is 48.5 Å². The van der Waals surface area contributed by atoms with Gasteiger partial charge < -0.3 is 10.2 Å². The highest BCUT2D eigenvalue weighted by Crippen LogP contribution is 2.22. The molecule has 0 saturated carbocycles. The summed E-state index contributed by atoms with van der Waals surface area (Å²) in [6.07, 6.45) is 4.60. The summed E-state index contributed by atoms with van der Waals surface area (Å²) < 4.78 is 0. The number of nitrogens with zero attached hydrogens (tertiary/aromatic N) is 2. The number of nitrogens with one attached hydrogen (secondary N) is 1. The van der Waals surface area contributed by atoms with Crippen LogP contribution in [-0.2, 0) is 9.59 Å². The van der Waals surface area contributed by atoms with Gasteiger partial charge in [0.2, 0.25) is 11.8 Å². The summed E-state index contributed by atoms with van der Waals surface area (Å²) in [6.45, 7) is 0.754. The van der Waals surface area contributed by atoms with Crippen LogP contribution in [0.3, 0.4) is 0 Å². The molecule has 6 heteroatoms. The molecular formula is C20H16ClN3O2. The van der Waals surface area contributed by atoms with E-state index in [0.29, 0.717) is 22.7 Å². The third kappa shape index (κ3) is 4.11. The molecule has 5 nitrogen and oxygen atoms in total. The van der Waals surface area contributed by atoms with Gasteiger partial charge >= 0.3 is 0 Å². The Balaban J connectivity index is 1.62. The van der Waals surface area contributed by atoms with Gasteiger partial charge in [0.05, 0.1) is 10.6 Å². The molecular weight excluding hydrogens is 350 g/mol. The van der Waals surface area contributed by atoms with Crippen molar-refractivity contribution in [1.29, 1.82) is 5.26 Å². The highest BCUT2D eigenvalue weighted by atomic mass is 35.5. The van der Waals surface area contributed by atoms with E-state index >= 15 is 0 Å². The van der Waals surface area contributed by atoms with Gasteiger partial charge in [-0.3, -0.25) is 9.59 Å². The van der Waals surface area contributed by atoms with E-state index in [-0.39, 0.29) is 11.8 Å². The van der Waals surface area contributed by atoms with Gasteiger partial charge in [0.1, 0.15) is 6.07 Å². The van der Waals surface area contributed by atoms with Crippen molar-refractivity contribution >= 4 is 40.9 Å². The second kappa shape index (κ2) is 7.85. The molecule has 0 unspecified atom stereocenters. The van der Waals surface area contributed by atoms with E-state index in [2.05, 4.69) is 5.32 Å². The zero-order valence-electron chi connectivity index (χ0n) is 13.9. The molecule has 1 heterocycles. The lowest BCUT2D eigenvalue weighted by Gasteiger charge is -2.15. The van der Waals surface area contributed by atoms with Gasteiger partial charge in [-0.2, -0.15) is 5.26 Å². The van der Waals surface area contributed by atoms with Crippen molar-refractivity contribution in [3.8, 4) is 6.07 Å². The molecule has 0 aromatic heterocycles. The van der Waals surface area contributed by atoms with Crippen molar-refractivity contribution in [2.24, 2.45) is 0 Å². The number of nitriles is 1. The lowest BCUT2D eigenvalue weighted by Crippen LogP contribution is -2.23. The minimum absolute atomic E-state index is 0.147. The number of carbonyl (C=O) groups excluding carboxylic acids is 2. The van der Waals surface area contributed by atoms with Crippen LogP contribution in [0.4, 0.5) is 11.4 Å². The number of hydrogen-bond donors (Lipinski definition) is 1. The molecule has 0 radical (unpaired) electrons. The predicted octanol–water partition coefficient (Wildman–Crippen LogP) is 3.99. The Hall–Kier alpha value is -3.10. The van der Waals surface area contributed by atoms with E-state index in [0.717, 1.165) is 24.2 Å². The Morgan fingerprint density at radius 3 is 2.62 bits per heavy atom. The zero-order chi connectivity index (χ0) is 18.5. The fourth-order valence-electron chi connectivity index (χ4n) is 2.73. The summed E-state index contributed by atoms with van der Waals surface area (Å²) in [5.41, 5.74) is 2.61. The molecule has 0 spiro atoms. The molecule has 0 bridgehead atoms. The van der Waals surface area contributed by atoms with E-state index in [1.54, 1.807) is 23.1 Å². The number of carbonyl (C=O) groups is 2. The first-order chi connectivity index (χ1) is 12.6. The second-order valence-electron chi connectivity index (χ2n) is 5.87. The molecule has 0 atom stereocenters. The summed E-state index contributed by atoms with van der Waals surface area (Å²) in [7, 11) is 0. The first-order valence-electron chi connectivity index (χ1n) is 8.16. The van der Waals surface area contributed by atoms with Crippen LogP contribution < -0.4 is 10.2 Å². The van der Waals surface area contributed by atoms with Crippen LogP contribution in [0.25, 0.3) is 6.08 Å². The highest BCUT2D eigenvalue weighted by molar-refractivity contribution is 6.32. The Morgan fingerprint density at radius 1 is 1.23 bits per heavy atom. The molecule has 1 N–H and O–H groups in total. The fourth-order valence-corrected chi connectivity index (χ4v) is 2.95. The zero-order valence-corrected chi connectivity index (χ0v) is 14.7. The van der Waals surface area contributed by atoms with E-state index in [1.807, 2.05) is 30.3 Å². The monoisotopic (exact) mass is 365 g/mol. The first kappa shape index (κ1) is 17.7. The fraction of sp³-hybridized carbons (Fsp3) is 0.150. The summed E-state index contributed by atoms with van der Waals surface area (Å²) in [5, 5.41) is 11.8. The molecule has 2 aromatic rings. The maximum atomic E-state index is 12.0. The van der Waals surface area contributed by atoms with Crippen LogP contribution in [0.1, 0.15) is 24.0 Å². The molecule has 1 fully saturated rings.